The van der Waals surface area contributed by atoms with Crippen LogP contribution in [0.4, 0.5) is 0 Å². The van der Waals surface area contributed by atoms with Crippen molar-refractivity contribution < 1.29 is 23.9 Å². The average molecular weight is 443 g/mol. The fourth-order valence-corrected chi connectivity index (χ4v) is 6.30. The van der Waals surface area contributed by atoms with Gasteiger partial charge in [-0.05, 0) is 25.3 Å². The van der Waals surface area contributed by atoms with Gasteiger partial charge in [0, 0.05) is 17.2 Å². The van der Waals surface area contributed by atoms with Gasteiger partial charge in [-0.2, -0.15) is 0 Å². The summed E-state index contributed by atoms with van der Waals surface area (Å²) in [5.74, 6) is -3.76. The Labute approximate surface area is 191 Å². The summed E-state index contributed by atoms with van der Waals surface area (Å²) in [6.07, 6.45) is 3.71. The van der Waals surface area contributed by atoms with Crippen LogP contribution in [0.2, 0.25) is 0 Å². The molecule has 2 heterocycles. The number of carbonyl (C=O) groups excluding carboxylic acids is 4. The van der Waals surface area contributed by atoms with E-state index < -0.39 is 41.0 Å². The minimum atomic E-state index is -1.97. The van der Waals surface area contributed by atoms with E-state index in [9.17, 15) is 19.2 Å². The van der Waals surface area contributed by atoms with E-state index in [-0.39, 0.29) is 23.1 Å². The molecule has 33 heavy (non-hydrogen) atoms. The smallest absolute Gasteiger partial charge is 0.237 e. The highest BCUT2D eigenvalue weighted by Gasteiger charge is 2.75. The minimum Gasteiger partial charge on any atom is -0.349 e. The lowest BCUT2D eigenvalue weighted by atomic mass is 9.77. The van der Waals surface area contributed by atoms with Gasteiger partial charge in [0.05, 0.1) is 17.9 Å². The molecule has 1 saturated carbocycles. The van der Waals surface area contributed by atoms with Crippen molar-refractivity contribution in [3.63, 3.8) is 0 Å². The first-order valence-electron chi connectivity index (χ1n) is 11.7. The molecule has 168 valence electrons. The molecule has 6 rings (SSSR count). The van der Waals surface area contributed by atoms with Gasteiger partial charge in [-0.3, -0.25) is 24.1 Å². The predicted octanol–water partition coefficient (Wildman–Crippen LogP) is 3.82. The second-order valence-electron chi connectivity index (χ2n) is 9.73. The minimum absolute atomic E-state index is 0.172. The first-order valence-corrected chi connectivity index (χ1v) is 11.7. The monoisotopic (exact) mass is 443 g/mol. The molecule has 2 amide bonds. The Morgan fingerprint density at radius 2 is 1.42 bits per heavy atom. The number of benzene rings is 2. The van der Waals surface area contributed by atoms with Crippen molar-refractivity contribution in [2.24, 2.45) is 11.8 Å². The number of ketones is 2. The number of nitrogens with zero attached hydrogens (tertiary/aromatic N) is 1. The molecule has 6 nitrogen and oxygen atoms in total. The third kappa shape index (κ3) is 2.64. The van der Waals surface area contributed by atoms with E-state index in [0.717, 1.165) is 37.7 Å². The number of hydrogen-bond donors (Lipinski definition) is 0. The molecule has 3 atom stereocenters. The van der Waals surface area contributed by atoms with Crippen molar-refractivity contribution in [1.29, 1.82) is 0 Å². The number of aryl methyl sites for hydroxylation is 1. The Morgan fingerprint density at radius 3 is 2.03 bits per heavy atom. The quantitative estimate of drug-likeness (QED) is 0.521. The summed E-state index contributed by atoms with van der Waals surface area (Å²) in [6.45, 7) is 1.96. The summed E-state index contributed by atoms with van der Waals surface area (Å²) in [5.41, 5.74) is 0.307. The van der Waals surface area contributed by atoms with Gasteiger partial charge in [-0.25, -0.2) is 0 Å². The standard InChI is InChI=1S/C27H25NO5/c1-15-11-13-16(14-12-15)22-20-21(26(32)28(25(20)31)17-7-3-2-4-8-17)27(33-22)23(29)18-9-5-6-10-19(18)24(27)30/h5-6,9-14,17,20-22H,2-4,7-8H2,1H3/t20-,21-,22-/m0/s1. The summed E-state index contributed by atoms with van der Waals surface area (Å²) < 4.78 is 6.32. The Kier molecular flexibility index (Phi) is 4.46. The number of amides is 2. The van der Waals surface area contributed by atoms with Gasteiger partial charge in [0.15, 0.2) is 0 Å². The van der Waals surface area contributed by atoms with Crippen LogP contribution < -0.4 is 0 Å². The average Bonchev–Trinajstić information content (AvgIpc) is 3.40. The van der Waals surface area contributed by atoms with Crippen molar-refractivity contribution in [3.8, 4) is 0 Å². The number of ether oxygens (including phenoxy) is 1. The van der Waals surface area contributed by atoms with Crippen LogP contribution in [0.25, 0.3) is 0 Å². The van der Waals surface area contributed by atoms with Crippen LogP contribution in [0.5, 0.6) is 0 Å². The highest BCUT2D eigenvalue weighted by molar-refractivity contribution is 6.35. The summed E-state index contributed by atoms with van der Waals surface area (Å²) in [6, 6.07) is 13.9. The van der Waals surface area contributed by atoms with E-state index in [0.29, 0.717) is 5.56 Å². The maximum Gasteiger partial charge on any atom is 0.237 e. The van der Waals surface area contributed by atoms with E-state index in [1.54, 1.807) is 24.3 Å². The molecule has 0 aromatic heterocycles. The molecule has 2 saturated heterocycles. The molecule has 2 aromatic carbocycles. The van der Waals surface area contributed by atoms with E-state index in [2.05, 4.69) is 0 Å². The molecule has 3 fully saturated rings. The predicted molar refractivity (Wildman–Crippen MR) is 119 cm³/mol. The number of carbonyl (C=O) groups is 4. The van der Waals surface area contributed by atoms with E-state index in [1.165, 1.54) is 4.90 Å². The molecule has 2 aliphatic carbocycles. The Bertz CT molecular complexity index is 1160. The van der Waals surface area contributed by atoms with Gasteiger partial charge in [0.25, 0.3) is 0 Å². The highest BCUT2D eigenvalue weighted by Crippen LogP contribution is 2.57. The normalized spacial score (nSPS) is 28.6. The number of fused-ring (bicyclic) bond motifs is 3. The summed E-state index contributed by atoms with van der Waals surface area (Å²) in [4.78, 5) is 56.4. The summed E-state index contributed by atoms with van der Waals surface area (Å²) >= 11 is 0. The largest absolute Gasteiger partial charge is 0.349 e. The third-order valence-electron chi connectivity index (χ3n) is 7.90. The number of imide groups is 1. The zero-order chi connectivity index (χ0) is 22.9. The molecule has 2 aliphatic heterocycles. The number of Topliss-reactive ketones (excluding diaryl/α,β-unsaturated/α-hetero) is 2. The van der Waals surface area contributed by atoms with Crippen LogP contribution in [0.15, 0.2) is 48.5 Å². The summed E-state index contributed by atoms with van der Waals surface area (Å²) in [7, 11) is 0. The molecule has 0 unspecified atom stereocenters. The van der Waals surface area contributed by atoms with Crippen LogP contribution in [-0.2, 0) is 14.3 Å². The zero-order valence-corrected chi connectivity index (χ0v) is 18.5. The summed E-state index contributed by atoms with van der Waals surface area (Å²) in [5, 5.41) is 0. The fraction of sp³-hybridized carbons (Fsp3) is 0.407. The molecule has 1 spiro atoms. The SMILES string of the molecule is Cc1ccc([C@@H]2OC3(C(=O)c4ccccc4C3=O)[C@@H]3C(=O)N(C4CCCCC4)C(=O)[C@@H]32)cc1. The van der Waals surface area contributed by atoms with Crippen molar-refractivity contribution >= 4 is 23.4 Å². The van der Waals surface area contributed by atoms with Gasteiger partial charge in [-0.1, -0.05) is 73.4 Å². The van der Waals surface area contributed by atoms with Crippen LogP contribution in [-0.4, -0.2) is 39.9 Å². The van der Waals surface area contributed by atoms with Gasteiger partial charge >= 0.3 is 0 Å². The zero-order valence-electron chi connectivity index (χ0n) is 18.5. The molecule has 0 bridgehead atoms. The third-order valence-corrected chi connectivity index (χ3v) is 7.90. The second kappa shape index (κ2) is 7.19. The van der Waals surface area contributed by atoms with Crippen LogP contribution in [0, 0.1) is 18.8 Å². The number of hydrogen-bond acceptors (Lipinski definition) is 5. The molecule has 2 aromatic rings. The first kappa shape index (κ1) is 20.5. The van der Waals surface area contributed by atoms with E-state index >= 15 is 0 Å². The van der Waals surface area contributed by atoms with Gasteiger partial charge in [0.1, 0.15) is 0 Å². The van der Waals surface area contributed by atoms with Crippen molar-refractivity contribution in [2.75, 3.05) is 0 Å². The first-order chi connectivity index (χ1) is 15.9. The fourth-order valence-electron chi connectivity index (χ4n) is 6.30. The molecule has 6 heteroatoms. The van der Waals surface area contributed by atoms with Gasteiger partial charge in [-0.15, -0.1) is 0 Å². The van der Waals surface area contributed by atoms with Crippen LogP contribution in [0.3, 0.4) is 0 Å². The number of likely N-dealkylation sites (tertiary alicyclic amines) is 1. The number of rotatable bonds is 2. The van der Waals surface area contributed by atoms with Crippen molar-refractivity contribution in [1.82, 2.24) is 4.90 Å². The van der Waals surface area contributed by atoms with Crippen LogP contribution >= 0.6 is 0 Å². The Morgan fingerprint density at radius 1 is 0.818 bits per heavy atom. The van der Waals surface area contributed by atoms with Crippen LogP contribution in [0.1, 0.15) is 70.1 Å². The second-order valence-corrected chi connectivity index (χ2v) is 9.73. The van der Waals surface area contributed by atoms with Gasteiger partial charge < -0.3 is 4.74 Å². The lowest BCUT2D eigenvalue weighted by Gasteiger charge is -2.33. The Hall–Kier alpha value is -3.12. The lowest BCUT2D eigenvalue weighted by Crippen LogP contribution is -2.52. The lowest BCUT2D eigenvalue weighted by molar-refractivity contribution is -0.148. The van der Waals surface area contributed by atoms with E-state index in [4.69, 9.17) is 4.74 Å². The topological polar surface area (TPSA) is 80.8 Å². The van der Waals surface area contributed by atoms with E-state index in [1.807, 2.05) is 31.2 Å². The molecule has 0 radical (unpaired) electrons. The molecule has 4 aliphatic rings. The molecular weight excluding hydrogens is 418 g/mol. The molecule has 0 N–H and O–H groups in total. The Balaban J connectivity index is 1.50. The van der Waals surface area contributed by atoms with Crippen molar-refractivity contribution in [3.05, 3.63) is 70.8 Å². The van der Waals surface area contributed by atoms with Crippen molar-refractivity contribution in [2.45, 2.75) is 56.8 Å². The maximum atomic E-state index is 13.9. The highest BCUT2D eigenvalue weighted by atomic mass is 16.5. The maximum absolute atomic E-state index is 13.9. The van der Waals surface area contributed by atoms with Gasteiger partial charge in [0.2, 0.25) is 29.0 Å². The molecular formula is C27H25NO5.